The molecule has 5 heteroatoms. The lowest BCUT2D eigenvalue weighted by Crippen LogP contribution is -2.31. The second kappa shape index (κ2) is 7.41. The van der Waals surface area contributed by atoms with Crippen LogP contribution in [0.25, 0.3) is 0 Å². The number of para-hydroxylation sites is 1. The van der Waals surface area contributed by atoms with Crippen molar-refractivity contribution >= 4 is 11.9 Å². The number of carbonyl (C=O) groups excluding carboxylic acids is 1. The molecule has 1 rings (SSSR count). The Morgan fingerprint density at radius 2 is 2.05 bits per heavy atom. The fraction of sp³-hybridized carbons (Fsp3) is 0.429. The van der Waals surface area contributed by atoms with Crippen molar-refractivity contribution in [3.05, 3.63) is 29.8 Å². The number of carboxylic acid groups (broad SMARTS) is 1. The zero-order chi connectivity index (χ0) is 14.3. The Hall–Kier alpha value is -2.04. The van der Waals surface area contributed by atoms with Gasteiger partial charge in [-0.2, -0.15) is 0 Å². The van der Waals surface area contributed by atoms with E-state index in [1.165, 1.54) is 0 Å². The van der Waals surface area contributed by atoms with Crippen LogP contribution in [0.1, 0.15) is 18.9 Å². The van der Waals surface area contributed by atoms with E-state index in [1.54, 1.807) is 13.0 Å². The SMILES string of the molecule is Cc1ccccc1OCC(=O)NCCC(C)C(=O)O. The zero-order valence-electron chi connectivity index (χ0n) is 11.2. The topological polar surface area (TPSA) is 75.6 Å². The van der Waals surface area contributed by atoms with Crippen LogP contribution < -0.4 is 10.1 Å². The maximum absolute atomic E-state index is 11.5. The molecule has 1 aromatic rings. The number of hydrogen-bond donors (Lipinski definition) is 2. The minimum Gasteiger partial charge on any atom is -0.484 e. The Morgan fingerprint density at radius 1 is 1.37 bits per heavy atom. The van der Waals surface area contributed by atoms with E-state index in [1.807, 2.05) is 25.1 Å². The Kier molecular flexibility index (Phi) is 5.85. The molecule has 0 radical (unpaired) electrons. The molecule has 1 amide bonds. The van der Waals surface area contributed by atoms with Gasteiger partial charge in [-0.15, -0.1) is 0 Å². The molecule has 0 aliphatic heterocycles. The van der Waals surface area contributed by atoms with Crippen molar-refractivity contribution in [1.29, 1.82) is 0 Å². The average molecular weight is 265 g/mol. The number of hydrogen-bond acceptors (Lipinski definition) is 3. The molecule has 104 valence electrons. The summed E-state index contributed by atoms with van der Waals surface area (Å²) in [4.78, 5) is 22.1. The van der Waals surface area contributed by atoms with Gasteiger partial charge in [0.25, 0.3) is 5.91 Å². The summed E-state index contributed by atoms with van der Waals surface area (Å²) >= 11 is 0. The maximum Gasteiger partial charge on any atom is 0.306 e. The summed E-state index contributed by atoms with van der Waals surface area (Å²) in [6.45, 7) is 3.79. The van der Waals surface area contributed by atoms with Gasteiger partial charge in [0, 0.05) is 6.54 Å². The van der Waals surface area contributed by atoms with Gasteiger partial charge in [0.1, 0.15) is 5.75 Å². The second-order valence-electron chi connectivity index (χ2n) is 4.43. The third kappa shape index (κ3) is 5.42. The van der Waals surface area contributed by atoms with Crippen LogP contribution in [-0.2, 0) is 9.59 Å². The van der Waals surface area contributed by atoms with E-state index in [0.717, 1.165) is 5.56 Å². The highest BCUT2D eigenvalue weighted by molar-refractivity contribution is 5.77. The van der Waals surface area contributed by atoms with Gasteiger partial charge in [-0.25, -0.2) is 0 Å². The quantitative estimate of drug-likeness (QED) is 0.785. The van der Waals surface area contributed by atoms with Crippen molar-refractivity contribution in [2.45, 2.75) is 20.3 Å². The zero-order valence-corrected chi connectivity index (χ0v) is 11.2. The minimum absolute atomic E-state index is 0.0632. The molecule has 1 aromatic carbocycles. The third-order valence-corrected chi connectivity index (χ3v) is 2.77. The lowest BCUT2D eigenvalue weighted by atomic mass is 10.1. The standard InChI is InChI=1S/C14H19NO4/c1-10-5-3-4-6-12(10)19-9-13(16)15-8-7-11(2)14(17)18/h3-6,11H,7-9H2,1-2H3,(H,15,16)(H,17,18). The molecule has 0 aliphatic carbocycles. The molecule has 2 N–H and O–H groups in total. The Bertz CT molecular complexity index is 445. The average Bonchev–Trinajstić information content (AvgIpc) is 2.37. The number of nitrogens with one attached hydrogen (secondary N) is 1. The predicted molar refractivity (Wildman–Crippen MR) is 71.1 cm³/mol. The number of rotatable bonds is 7. The second-order valence-corrected chi connectivity index (χ2v) is 4.43. The molecule has 0 bridgehead atoms. The van der Waals surface area contributed by atoms with E-state index >= 15 is 0 Å². The molecular formula is C14H19NO4. The molecule has 19 heavy (non-hydrogen) atoms. The normalized spacial score (nSPS) is 11.7. The Labute approximate surface area is 112 Å². The van der Waals surface area contributed by atoms with Gasteiger partial charge in [-0.05, 0) is 25.0 Å². The predicted octanol–water partition coefficient (Wildman–Crippen LogP) is 1.60. The smallest absolute Gasteiger partial charge is 0.306 e. The fourth-order valence-electron chi connectivity index (χ4n) is 1.46. The molecule has 5 nitrogen and oxygen atoms in total. The van der Waals surface area contributed by atoms with Gasteiger partial charge in [-0.3, -0.25) is 9.59 Å². The molecule has 0 fully saturated rings. The van der Waals surface area contributed by atoms with E-state index in [2.05, 4.69) is 5.32 Å². The van der Waals surface area contributed by atoms with Gasteiger partial charge in [0.2, 0.25) is 0 Å². The first-order chi connectivity index (χ1) is 9.00. The highest BCUT2D eigenvalue weighted by atomic mass is 16.5. The lowest BCUT2D eigenvalue weighted by molar-refractivity contribution is -0.141. The number of aryl methyl sites for hydroxylation is 1. The lowest BCUT2D eigenvalue weighted by Gasteiger charge is -2.10. The van der Waals surface area contributed by atoms with Crippen molar-refractivity contribution in [1.82, 2.24) is 5.32 Å². The van der Waals surface area contributed by atoms with Crippen molar-refractivity contribution in [2.75, 3.05) is 13.2 Å². The van der Waals surface area contributed by atoms with Crippen LogP contribution in [0, 0.1) is 12.8 Å². The van der Waals surface area contributed by atoms with E-state index in [-0.39, 0.29) is 12.5 Å². The molecule has 0 spiro atoms. The van der Waals surface area contributed by atoms with Gasteiger partial charge < -0.3 is 15.2 Å². The first-order valence-electron chi connectivity index (χ1n) is 6.18. The number of carbonyl (C=O) groups is 2. The van der Waals surface area contributed by atoms with Crippen molar-refractivity contribution in [2.24, 2.45) is 5.92 Å². The van der Waals surface area contributed by atoms with Crippen LogP contribution in [0.2, 0.25) is 0 Å². The van der Waals surface area contributed by atoms with E-state index in [9.17, 15) is 9.59 Å². The van der Waals surface area contributed by atoms with Crippen molar-refractivity contribution in [3.8, 4) is 5.75 Å². The summed E-state index contributed by atoms with van der Waals surface area (Å²) in [7, 11) is 0. The Balaban J connectivity index is 2.25. The molecule has 1 unspecified atom stereocenters. The molecule has 0 heterocycles. The summed E-state index contributed by atoms with van der Waals surface area (Å²) in [6, 6.07) is 7.45. The summed E-state index contributed by atoms with van der Waals surface area (Å²) in [5.41, 5.74) is 0.967. The molecule has 0 aliphatic rings. The highest BCUT2D eigenvalue weighted by Crippen LogP contribution is 2.15. The number of carboxylic acids is 1. The molecular weight excluding hydrogens is 246 g/mol. The fourth-order valence-corrected chi connectivity index (χ4v) is 1.46. The molecule has 0 saturated heterocycles. The summed E-state index contributed by atoms with van der Waals surface area (Å²) < 4.78 is 5.38. The maximum atomic E-state index is 11.5. The number of aliphatic carboxylic acids is 1. The van der Waals surface area contributed by atoms with Gasteiger partial charge in [0.05, 0.1) is 5.92 Å². The molecule has 0 aromatic heterocycles. The minimum atomic E-state index is -0.856. The van der Waals surface area contributed by atoms with Crippen LogP contribution >= 0.6 is 0 Å². The number of ether oxygens (including phenoxy) is 1. The Morgan fingerprint density at radius 3 is 2.68 bits per heavy atom. The van der Waals surface area contributed by atoms with E-state index in [0.29, 0.717) is 18.7 Å². The van der Waals surface area contributed by atoms with Crippen LogP contribution in [0.4, 0.5) is 0 Å². The van der Waals surface area contributed by atoms with E-state index in [4.69, 9.17) is 9.84 Å². The van der Waals surface area contributed by atoms with Gasteiger partial charge in [0.15, 0.2) is 6.61 Å². The summed E-state index contributed by atoms with van der Waals surface area (Å²) in [5, 5.41) is 11.3. The van der Waals surface area contributed by atoms with Crippen LogP contribution in [0.5, 0.6) is 5.75 Å². The summed E-state index contributed by atoms with van der Waals surface area (Å²) in [5.74, 6) is -0.889. The third-order valence-electron chi connectivity index (χ3n) is 2.77. The van der Waals surface area contributed by atoms with Crippen LogP contribution in [0.3, 0.4) is 0 Å². The van der Waals surface area contributed by atoms with E-state index < -0.39 is 11.9 Å². The number of amides is 1. The van der Waals surface area contributed by atoms with Crippen LogP contribution in [-0.4, -0.2) is 30.1 Å². The monoisotopic (exact) mass is 265 g/mol. The summed E-state index contributed by atoms with van der Waals surface area (Å²) in [6.07, 6.45) is 0.408. The van der Waals surface area contributed by atoms with Crippen molar-refractivity contribution in [3.63, 3.8) is 0 Å². The highest BCUT2D eigenvalue weighted by Gasteiger charge is 2.11. The van der Waals surface area contributed by atoms with Gasteiger partial charge >= 0.3 is 5.97 Å². The molecule has 0 saturated carbocycles. The largest absolute Gasteiger partial charge is 0.484 e. The van der Waals surface area contributed by atoms with Crippen molar-refractivity contribution < 1.29 is 19.4 Å². The van der Waals surface area contributed by atoms with Crippen LogP contribution in [0.15, 0.2) is 24.3 Å². The van der Waals surface area contributed by atoms with Gasteiger partial charge in [-0.1, -0.05) is 25.1 Å². The first kappa shape index (κ1) is 15.0. The number of benzene rings is 1. The molecule has 1 atom stereocenters. The first-order valence-corrected chi connectivity index (χ1v) is 6.18.